The molecular weight excluding hydrogens is 383 g/mol. The highest BCUT2D eigenvalue weighted by Crippen LogP contribution is 2.29. The molecule has 154 valence electrons. The number of nitrogens with two attached hydrogens (primary N) is 1. The zero-order valence-corrected chi connectivity index (χ0v) is 14.8. The zero-order valence-electron chi connectivity index (χ0n) is 14.8. The maximum atomic E-state index is 13.1. The number of nitrogens with one attached hydrogen (secondary N) is 1. The molecule has 9 heteroatoms. The molecule has 0 fully saturated rings. The van der Waals surface area contributed by atoms with Crippen molar-refractivity contribution < 1.29 is 31.8 Å². The minimum atomic E-state index is -4.40. The van der Waals surface area contributed by atoms with Crippen LogP contribution < -0.4 is 15.8 Å². The van der Waals surface area contributed by atoms with E-state index in [2.05, 4.69) is 5.32 Å². The third kappa shape index (κ3) is 7.06. The van der Waals surface area contributed by atoms with Gasteiger partial charge >= 0.3 is 6.18 Å². The van der Waals surface area contributed by atoms with Crippen LogP contribution in [0, 0.1) is 11.6 Å². The van der Waals surface area contributed by atoms with Crippen LogP contribution in [0.2, 0.25) is 0 Å². The Kier molecular flexibility index (Phi) is 7.73. The molecule has 2 atom stereocenters. The van der Waals surface area contributed by atoms with Gasteiger partial charge in [-0.25, -0.2) is 8.78 Å². The summed E-state index contributed by atoms with van der Waals surface area (Å²) in [6, 6.07) is 6.85. The predicted octanol–water partition coefficient (Wildman–Crippen LogP) is 3.23. The van der Waals surface area contributed by atoms with Crippen molar-refractivity contribution in [3.63, 3.8) is 0 Å². The van der Waals surface area contributed by atoms with Crippen molar-refractivity contribution in [2.45, 2.75) is 31.3 Å². The molecule has 0 spiro atoms. The normalized spacial score (nSPS) is 14.0. The van der Waals surface area contributed by atoms with Crippen LogP contribution in [0.3, 0.4) is 0 Å². The molecule has 0 radical (unpaired) electrons. The number of halogens is 5. The molecule has 2 aromatic rings. The molecule has 2 rings (SSSR count). The molecule has 0 aliphatic carbocycles. The molecule has 0 heterocycles. The van der Waals surface area contributed by atoms with E-state index >= 15 is 0 Å². The number of alkyl halides is 3. The number of hydrogen-bond donors (Lipinski definition) is 3. The maximum Gasteiger partial charge on any atom is 0.416 e. The number of hydrogen-bond acceptors (Lipinski definition) is 4. The van der Waals surface area contributed by atoms with E-state index in [-0.39, 0.29) is 25.3 Å². The Labute approximate surface area is 159 Å². The standard InChI is InChI=1S/C19H21F5N2O2/c20-14-7-15(21)9-16(8-14)28-11-17(25)18(27)4-5-26-10-12-2-1-3-13(6-12)19(22,23)24/h1-3,6-9,17-18,26-27H,4-5,10-11,25H2. The number of ether oxygens (including phenoxy) is 1. The Balaban J connectivity index is 1.72. The second-order valence-electron chi connectivity index (χ2n) is 6.31. The van der Waals surface area contributed by atoms with Crippen molar-refractivity contribution in [3.8, 4) is 5.75 Å². The van der Waals surface area contributed by atoms with Crippen LogP contribution in [0.5, 0.6) is 5.75 Å². The van der Waals surface area contributed by atoms with Gasteiger partial charge in [-0.15, -0.1) is 0 Å². The minimum absolute atomic E-state index is 0.0391. The summed E-state index contributed by atoms with van der Waals surface area (Å²) in [6.45, 7) is 0.350. The fourth-order valence-electron chi connectivity index (χ4n) is 2.47. The molecule has 0 aromatic heterocycles. The summed E-state index contributed by atoms with van der Waals surface area (Å²) in [5.41, 5.74) is 5.53. The second kappa shape index (κ2) is 9.81. The van der Waals surface area contributed by atoms with Crippen molar-refractivity contribution in [1.82, 2.24) is 5.32 Å². The van der Waals surface area contributed by atoms with E-state index in [0.717, 1.165) is 24.3 Å². The Bertz CT molecular complexity index is 750. The zero-order chi connectivity index (χ0) is 20.7. The van der Waals surface area contributed by atoms with Gasteiger partial charge in [-0.3, -0.25) is 0 Å². The molecule has 28 heavy (non-hydrogen) atoms. The first-order valence-electron chi connectivity index (χ1n) is 8.54. The van der Waals surface area contributed by atoms with Gasteiger partial charge < -0.3 is 20.9 Å². The number of rotatable bonds is 9. The van der Waals surface area contributed by atoms with Crippen LogP contribution >= 0.6 is 0 Å². The molecule has 0 bridgehead atoms. The number of benzene rings is 2. The van der Waals surface area contributed by atoms with Crippen molar-refractivity contribution in [2.75, 3.05) is 13.2 Å². The molecule has 0 aliphatic rings. The van der Waals surface area contributed by atoms with E-state index in [9.17, 15) is 27.1 Å². The van der Waals surface area contributed by atoms with Gasteiger partial charge in [0.1, 0.15) is 24.0 Å². The summed E-state index contributed by atoms with van der Waals surface area (Å²) < 4.78 is 69.3. The Hall–Kier alpha value is -2.23. The van der Waals surface area contributed by atoms with Crippen LogP contribution in [0.25, 0.3) is 0 Å². The Morgan fingerprint density at radius 1 is 1.07 bits per heavy atom. The van der Waals surface area contributed by atoms with Crippen LogP contribution in [0.1, 0.15) is 17.5 Å². The van der Waals surface area contributed by atoms with E-state index in [4.69, 9.17) is 10.5 Å². The fraction of sp³-hybridized carbons (Fsp3) is 0.368. The molecule has 0 saturated carbocycles. The largest absolute Gasteiger partial charge is 0.492 e. The van der Waals surface area contributed by atoms with Gasteiger partial charge in [-0.1, -0.05) is 18.2 Å². The fourth-order valence-corrected chi connectivity index (χ4v) is 2.47. The SMILES string of the molecule is NC(COc1cc(F)cc(F)c1)C(O)CCNCc1cccc(C(F)(F)F)c1. The summed E-state index contributed by atoms with van der Waals surface area (Å²) in [4.78, 5) is 0. The topological polar surface area (TPSA) is 67.5 Å². The van der Waals surface area contributed by atoms with Crippen LogP contribution in [-0.2, 0) is 12.7 Å². The third-order valence-electron chi connectivity index (χ3n) is 3.97. The van der Waals surface area contributed by atoms with Gasteiger partial charge in [0.2, 0.25) is 0 Å². The van der Waals surface area contributed by atoms with Gasteiger partial charge in [0, 0.05) is 24.7 Å². The van der Waals surface area contributed by atoms with Crippen molar-refractivity contribution in [2.24, 2.45) is 5.73 Å². The Morgan fingerprint density at radius 3 is 2.39 bits per heavy atom. The van der Waals surface area contributed by atoms with Crippen molar-refractivity contribution in [1.29, 1.82) is 0 Å². The van der Waals surface area contributed by atoms with E-state index in [1.165, 1.54) is 6.07 Å². The van der Waals surface area contributed by atoms with Crippen LogP contribution in [0.4, 0.5) is 22.0 Å². The predicted molar refractivity (Wildman–Crippen MR) is 93.6 cm³/mol. The lowest BCUT2D eigenvalue weighted by Gasteiger charge is -2.19. The molecule has 4 N–H and O–H groups in total. The number of aliphatic hydroxyl groups is 1. The number of aliphatic hydroxyl groups excluding tert-OH is 1. The molecule has 0 amide bonds. The summed E-state index contributed by atoms with van der Waals surface area (Å²) in [5, 5.41) is 12.9. The van der Waals surface area contributed by atoms with Gasteiger partial charge in [-0.2, -0.15) is 13.2 Å². The summed E-state index contributed by atoms with van der Waals surface area (Å²) in [7, 11) is 0. The molecule has 0 aliphatic heterocycles. The molecular formula is C19H21F5N2O2. The monoisotopic (exact) mass is 404 g/mol. The summed E-state index contributed by atoms with van der Waals surface area (Å²) in [6.07, 6.45) is -5.14. The van der Waals surface area contributed by atoms with E-state index < -0.39 is 35.5 Å². The first kappa shape index (κ1) is 22.1. The lowest BCUT2D eigenvalue weighted by Crippen LogP contribution is -2.41. The van der Waals surface area contributed by atoms with Gasteiger partial charge in [0.15, 0.2) is 0 Å². The summed E-state index contributed by atoms with van der Waals surface area (Å²) >= 11 is 0. The highest BCUT2D eigenvalue weighted by Gasteiger charge is 2.30. The highest BCUT2D eigenvalue weighted by molar-refractivity contribution is 5.25. The highest BCUT2D eigenvalue weighted by atomic mass is 19.4. The third-order valence-corrected chi connectivity index (χ3v) is 3.97. The van der Waals surface area contributed by atoms with E-state index in [1.807, 2.05) is 0 Å². The first-order valence-corrected chi connectivity index (χ1v) is 8.54. The van der Waals surface area contributed by atoms with Crippen molar-refractivity contribution in [3.05, 3.63) is 65.2 Å². The average Bonchev–Trinajstić information content (AvgIpc) is 2.62. The van der Waals surface area contributed by atoms with Crippen LogP contribution in [0.15, 0.2) is 42.5 Å². The van der Waals surface area contributed by atoms with Crippen LogP contribution in [-0.4, -0.2) is 30.4 Å². The van der Waals surface area contributed by atoms with E-state index in [1.54, 1.807) is 6.07 Å². The van der Waals surface area contributed by atoms with Gasteiger partial charge in [0.05, 0.1) is 17.7 Å². The maximum absolute atomic E-state index is 13.1. The first-order chi connectivity index (χ1) is 13.1. The van der Waals surface area contributed by atoms with Crippen molar-refractivity contribution >= 4 is 0 Å². The molecule has 2 unspecified atom stereocenters. The smallest absolute Gasteiger partial charge is 0.416 e. The minimum Gasteiger partial charge on any atom is -0.492 e. The molecule has 0 saturated heterocycles. The molecule has 2 aromatic carbocycles. The quantitative estimate of drug-likeness (QED) is 0.444. The lowest BCUT2D eigenvalue weighted by molar-refractivity contribution is -0.137. The van der Waals surface area contributed by atoms with E-state index in [0.29, 0.717) is 18.2 Å². The lowest BCUT2D eigenvalue weighted by atomic mass is 10.1. The second-order valence-corrected chi connectivity index (χ2v) is 6.31. The Morgan fingerprint density at radius 2 is 1.75 bits per heavy atom. The van der Waals surface area contributed by atoms with Gasteiger partial charge in [0.25, 0.3) is 0 Å². The summed E-state index contributed by atoms with van der Waals surface area (Å²) in [5.74, 6) is -1.62. The average molecular weight is 404 g/mol. The van der Waals surface area contributed by atoms with Gasteiger partial charge in [-0.05, 0) is 24.6 Å². The molecule has 4 nitrogen and oxygen atoms in total.